The summed E-state index contributed by atoms with van der Waals surface area (Å²) in [6, 6.07) is 17.4. The van der Waals surface area contributed by atoms with Crippen molar-refractivity contribution < 1.29 is 4.79 Å². The normalized spacial score (nSPS) is 17.6. The van der Waals surface area contributed by atoms with Crippen LogP contribution in [0.15, 0.2) is 60.7 Å². The Bertz CT molecular complexity index is 636. The van der Waals surface area contributed by atoms with E-state index in [0.717, 1.165) is 23.2 Å². The summed E-state index contributed by atoms with van der Waals surface area (Å²) in [6.07, 6.45) is 2.77. The summed E-state index contributed by atoms with van der Waals surface area (Å²) in [5.41, 5.74) is 2.78. The molecule has 3 rings (SSSR count). The Kier molecular flexibility index (Phi) is 3.10. The number of para-hydroxylation sites is 1. The second-order valence-electron chi connectivity index (χ2n) is 4.40. The summed E-state index contributed by atoms with van der Waals surface area (Å²) in [6.45, 7) is 0. The van der Waals surface area contributed by atoms with Gasteiger partial charge in [0.25, 0.3) is 0 Å². The molecule has 0 fully saturated rings. The molecule has 0 aromatic heterocycles. The van der Waals surface area contributed by atoms with Crippen LogP contribution in [0.5, 0.6) is 0 Å². The third kappa shape index (κ3) is 2.04. The molecule has 94 valence electrons. The minimum Gasteiger partial charge on any atom is -0.303 e. The molecule has 0 bridgehead atoms. The first-order valence-corrected chi connectivity index (χ1v) is 6.44. The highest BCUT2D eigenvalue weighted by Crippen LogP contribution is 2.40. The standard InChI is InChI=1S/C16H12ClNO/c17-14-10-16(12-6-2-1-3-7-12)18(11-19)15-9-5-4-8-13(14)15/h1-11,16H. The van der Waals surface area contributed by atoms with Crippen molar-refractivity contribution >= 4 is 28.7 Å². The van der Waals surface area contributed by atoms with E-state index in [1.165, 1.54) is 0 Å². The zero-order valence-corrected chi connectivity index (χ0v) is 10.9. The monoisotopic (exact) mass is 269 g/mol. The molecule has 1 atom stereocenters. The zero-order valence-electron chi connectivity index (χ0n) is 10.2. The fourth-order valence-corrected chi connectivity index (χ4v) is 2.67. The third-order valence-electron chi connectivity index (χ3n) is 3.30. The Balaban J connectivity index is 2.14. The van der Waals surface area contributed by atoms with Crippen LogP contribution >= 0.6 is 11.6 Å². The predicted molar refractivity (Wildman–Crippen MR) is 78.0 cm³/mol. The number of fused-ring (bicyclic) bond motifs is 1. The van der Waals surface area contributed by atoms with Crippen LogP contribution in [0.2, 0.25) is 0 Å². The van der Waals surface area contributed by atoms with E-state index < -0.39 is 0 Å². The van der Waals surface area contributed by atoms with E-state index in [4.69, 9.17) is 11.6 Å². The Hall–Kier alpha value is -2.06. The van der Waals surface area contributed by atoms with E-state index in [0.29, 0.717) is 5.03 Å². The first-order valence-electron chi connectivity index (χ1n) is 6.06. The molecule has 0 radical (unpaired) electrons. The van der Waals surface area contributed by atoms with Gasteiger partial charge in [-0.3, -0.25) is 4.79 Å². The smallest absolute Gasteiger partial charge is 0.214 e. The van der Waals surface area contributed by atoms with Crippen LogP contribution in [0.1, 0.15) is 17.2 Å². The Morgan fingerprint density at radius 3 is 2.42 bits per heavy atom. The van der Waals surface area contributed by atoms with Crippen molar-refractivity contribution in [1.82, 2.24) is 0 Å². The van der Waals surface area contributed by atoms with Gasteiger partial charge in [0.2, 0.25) is 6.41 Å². The summed E-state index contributed by atoms with van der Waals surface area (Å²) < 4.78 is 0. The van der Waals surface area contributed by atoms with Gasteiger partial charge >= 0.3 is 0 Å². The maximum absolute atomic E-state index is 11.5. The molecule has 3 heteroatoms. The molecule has 1 aliphatic rings. The van der Waals surface area contributed by atoms with Crippen LogP contribution < -0.4 is 4.90 Å². The van der Waals surface area contributed by atoms with Gasteiger partial charge in [-0.1, -0.05) is 60.1 Å². The second kappa shape index (κ2) is 4.90. The summed E-state index contributed by atoms with van der Waals surface area (Å²) in [7, 11) is 0. The molecule has 1 amide bonds. The number of benzene rings is 2. The number of rotatable bonds is 2. The number of carbonyl (C=O) groups excluding carboxylic acids is 1. The van der Waals surface area contributed by atoms with Gasteiger partial charge in [0, 0.05) is 10.6 Å². The van der Waals surface area contributed by atoms with Crippen molar-refractivity contribution in [3.63, 3.8) is 0 Å². The lowest BCUT2D eigenvalue weighted by molar-refractivity contribution is -0.107. The number of anilines is 1. The molecular formula is C16H12ClNO. The van der Waals surface area contributed by atoms with Crippen molar-refractivity contribution in [3.05, 3.63) is 71.8 Å². The molecule has 19 heavy (non-hydrogen) atoms. The molecule has 2 aromatic carbocycles. The molecule has 1 unspecified atom stereocenters. The Labute approximate surface area is 116 Å². The highest BCUT2D eigenvalue weighted by Gasteiger charge is 2.26. The first kappa shape index (κ1) is 12.0. The Morgan fingerprint density at radius 1 is 1.00 bits per heavy atom. The van der Waals surface area contributed by atoms with Gasteiger partial charge in [0.1, 0.15) is 0 Å². The van der Waals surface area contributed by atoms with E-state index in [2.05, 4.69) is 0 Å². The lowest BCUT2D eigenvalue weighted by Gasteiger charge is -2.32. The van der Waals surface area contributed by atoms with Gasteiger partial charge in [0.05, 0.1) is 11.7 Å². The zero-order chi connectivity index (χ0) is 13.2. The topological polar surface area (TPSA) is 20.3 Å². The summed E-state index contributed by atoms with van der Waals surface area (Å²) >= 11 is 6.33. The fraction of sp³-hybridized carbons (Fsp3) is 0.0625. The van der Waals surface area contributed by atoms with Crippen molar-refractivity contribution in [2.24, 2.45) is 0 Å². The second-order valence-corrected chi connectivity index (χ2v) is 4.81. The lowest BCUT2D eigenvalue weighted by atomic mass is 9.98. The van der Waals surface area contributed by atoms with E-state index in [-0.39, 0.29) is 6.04 Å². The van der Waals surface area contributed by atoms with Crippen molar-refractivity contribution in [3.8, 4) is 0 Å². The van der Waals surface area contributed by atoms with E-state index in [1.54, 1.807) is 4.90 Å². The van der Waals surface area contributed by atoms with Gasteiger partial charge in [-0.15, -0.1) is 0 Å². The molecule has 0 saturated heterocycles. The number of carbonyl (C=O) groups is 1. The molecule has 0 saturated carbocycles. The fourth-order valence-electron chi connectivity index (χ4n) is 2.39. The molecule has 1 aliphatic heterocycles. The van der Waals surface area contributed by atoms with Crippen LogP contribution in [-0.4, -0.2) is 6.41 Å². The van der Waals surface area contributed by atoms with Crippen molar-refractivity contribution in [1.29, 1.82) is 0 Å². The average molecular weight is 270 g/mol. The van der Waals surface area contributed by atoms with Crippen molar-refractivity contribution in [2.75, 3.05) is 4.90 Å². The maximum Gasteiger partial charge on any atom is 0.214 e. The molecule has 0 spiro atoms. The lowest BCUT2D eigenvalue weighted by Crippen LogP contribution is -2.29. The van der Waals surface area contributed by atoms with Crippen LogP contribution in [0, 0.1) is 0 Å². The third-order valence-corrected chi connectivity index (χ3v) is 3.63. The van der Waals surface area contributed by atoms with E-state index >= 15 is 0 Å². The molecular weight excluding hydrogens is 258 g/mol. The van der Waals surface area contributed by atoms with Crippen LogP contribution in [-0.2, 0) is 4.79 Å². The van der Waals surface area contributed by atoms with Crippen LogP contribution in [0.25, 0.3) is 5.03 Å². The minimum atomic E-state index is -0.152. The van der Waals surface area contributed by atoms with Crippen LogP contribution in [0.4, 0.5) is 5.69 Å². The van der Waals surface area contributed by atoms with E-state index in [9.17, 15) is 4.79 Å². The summed E-state index contributed by atoms with van der Waals surface area (Å²) in [5.74, 6) is 0. The van der Waals surface area contributed by atoms with Crippen LogP contribution in [0.3, 0.4) is 0 Å². The van der Waals surface area contributed by atoms with Crippen molar-refractivity contribution in [2.45, 2.75) is 6.04 Å². The molecule has 2 aromatic rings. The molecule has 1 heterocycles. The van der Waals surface area contributed by atoms with E-state index in [1.807, 2.05) is 60.7 Å². The molecule has 0 aliphatic carbocycles. The number of hydrogen-bond donors (Lipinski definition) is 0. The number of amides is 1. The van der Waals surface area contributed by atoms with Gasteiger partial charge in [-0.2, -0.15) is 0 Å². The quantitative estimate of drug-likeness (QED) is 0.755. The number of halogens is 1. The van der Waals surface area contributed by atoms with Gasteiger partial charge in [-0.05, 0) is 17.7 Å². The van der Waals surface area contributed by atoms with Gasteiger partial charge in [0.15, 0.2) is 0 Å². The summed E-state index contributed by atoms with van der Waals surface area (Å²) in [4.78, 5) is 13.2. The first-order chi connectivity index (χ1) is 9.31. The highest BCUT2D eigenvalue weighted by molar-refractivity contribution is 6.49. The summed E-state index contributed by atoms with van der Waals surface area (Å²) in [5, 5.41) is 0.683. The largest absolute Gasteiger partial charge is 0.303 e. The number of hydrogen-bond acceptors (Lipinski definition) is 1. The molecule has 2 nitrogen and oxygen atoms in total. The average Bonchev–Trinajstić information content (AvgIpc) is 2.48. The highest BCUT2D eigenvalue weighted by atomic mass is 35.5. The maximum atomic E-state index is 11.5. The SMILES string of the molecule is O=CN1c2ccccc2C(Cl)=CC1c1ccccc1. The van der Waals surface area contributed by atoms with Gasteiger partial charge in [-0.25, -0.2) is 0 Å². The van der Waals surface area contributed by atoms with Gasteiger partial charge < -0.3 is 4.90 Å². The Morgan fingerprint density at radius 2 is 1.68 bits per heavy atom. The predicted octanol–water partition coefficient (Wildman–Crippen LogP) is 3.98. The minimum absolute atomic E-state index is 0.152. The number of nitrogens with zero attached hydrogens (tertiary/aromatic N) is 1. The molecule has 0 N–H and O–H groups in total.